The lowest BCUT2D eigenvalue weighted by Gasteiger charge is -2.19. The Morgan fingerprint density at radius 1 is 1.22 bits per heavy atom. The molecule has 0 fully saturated rings. The highest BCUT2D eigenvalue weighted by Gasteiger charge is 2.29. The number of carbonyl (C=O) groups excluding carboxylic acids is 1. The number of rotatable bonds is 5. The Bertz CT molecular complexity index is 1120. The fourth-order valence-electron chi connectivity index (χ4n) is 4.49. The molecule has 0 radical (unpaired) electrons. The van der Waals surface area contributed by atoms with E-state index < -0.39 is 0 Å². The van der Waals surface area contributed by atoms with Crippen molar-refractivity contribution in [1.29, 1.82) is 0 Å². The molecule has 6 nitrogen and oxygen atoms in total. The number of aromatic nitrogens is 3. The topological polar surface area (TPSA) is 73.0 Å². The first-order chi connectivity index (χ1) is 15.2. The molecule has 2 heterocycles. The largest absolute Gasteiger partial charge is 0.360 e. The van der Waals surface area contributed by atoms with E-state index >= 15 is 0 Å². The molecule has 1 N–H and O–H groups in total. The van der Waals surface area contributed by atoms with E-state index in [0.717, 1.165) is 54.1 Å². The fraction of sp³-hybridized carbons (Fsp3) is 0.500. The van der Waals surface area contributed by atoms with Crippen molar-refractivity contribution in [2.45, 2.75) is 79.2 Å². The van der Waals surface area contributed by atoms with Gasteiger partial charge in [-0.25, -0.2) is 0 Å². The average molecular weight is 435 g/mol. The second-order valence-corrected chi connectivity index (χ2v) is 10.1. The number of aryl methyl sites for hydroxylation is 2. The number of carbonyl (C=O) groups is 1. The standard InChI is InChI=1S/C26H34N4O2/c1-7-18-10-13-22-21(14-18)24(29-32-22)25(31)27-23-16(2)28-30(17(23)3)15-19-8-11-20(12-9-19)26(4,5)6/h8-9,11-12,18H,7,10,13-15H2,1-6H3,(H,27,31). The highest BCUT2D eigenvalue weighted by Crippen LogP contribution is 2.31. The Morgan fingerprint density at radius 3 is 2.59 bits per heavy atom. The van der Waals surface area contributed by atoms with Crippen LogP contribution < -0.4 is 5.32 Å². The highest BCUT2D eigenvalue weighted by molar-refractivity contribution is 6.04. The van der Waals surface area contributed by atoms with E-state index in [1.807, 2.05) is 18.5 Å². The molecule has 1 aliphatic carbocycles. The van der Waals surface area contributed by atoms with Crippen LogP contribution in [0.15, 0.2) is 28.8 Å². The Kier molecular flexibility index (Phi) is 5.97. The number of hydrogen-bond donors (Lipinski definition) is 1. The van der Waals surface area contributed by atoms with Gasteiger partial charge in [0.1, 0.15) is 5.76 Å². The lowest BCUT2D eigenvalue weighted by atomic mass is 9.85. The zero-order valence-corrected chi connectivity index (χ0v) is 20.1. The van der Waals surface area contributed by atoms with Gasteiger partial charge in [0.05, 0.1) is 23.6 Å². The molecular weight excluding hydrogens is 400 g/mol. The second kappa shape index (κ2) is 8.57. The molecule has 6 heteroatoms. The van der Waals surface area contributed by atoms with Crippen LogP contribution in [0.2, 0.25) is 0 Å². The number of amides is 1. The molecule has 1 unspecified atom stereocenters. The summed E-state index contributed by atoms with van der Waals surface area (Å²) in [6.45, 7) is 13.4. The van der Waals surface area contributed by atoms with E-state index in [4.69, 9.17) is 4.52 Å². The van der Waals surface area contributed by atoms with Gasteiger partial charge in [-0.15, -0.1) is 0 Å². The number of benzene rings is 1. The Labute approximate surface area is 190 Å². The molecule has 0 saturated carbocycles. The average Bonchev–Trinajstić information content (AvgIpc) is 3.29. The predicted octanol–water partition coefficient (Wildman–Crippen LogP) is 5.60. The van der Waals surface area contributed by atoms with Crippen LogP contribution in [-0.4, -0.2) is 20.8 Å². The zero-order chi connectivity index (χ0) is 23.0. The van der Waals surface area contributed by atoms with E-state index in [0.29, 0.717) is 18.2 Å². The maximum absolute atomic E-state index is 13.1. The van der Waals surface area contributed by atoms with Gasteiger partial charge >= 0.3 is 0 Å². The summed E-state index contributed by atoms with van der Waals surface area (Å²) in [5.74, 6) is 1.24. The van der Waals surface area contributed by atoms with Crippen LogP contribution in [0.5, 0.6) is 0 Å². The zero-order valence-electron chi connectivity index (χ0n) is 20.1. The number of hydrogen-bond acceptors (Lipinski definition) is 4. The third-order valence-electron chi connectivity index (χ3n) is 6.71. The third-order valence-corrected chi connectivity index (χ3v) is 6.71. The van der Waals surface area contributed by atoms with Crippen molar-refractivity contribution in [2.75, 3.05) is 5.32 Å². The molecule has 1 aromatic carbocycles. The van der Waals surface area contributed by atoms with Gasteiger partial charge in [-0.05, 0) is 49.1 Å². The Balaban J connectivity index is 1.52. The molecule has 3 aromatic rings. The molecule has 4 rings (SSSR count). The molecule has 1 amide bonds. The van der Waals surface area contributed by atoms with Gasteiger partial charge in [0, 0.05) is 12.0 Å². The third kappa shape index (κ3) is 4.36. The summed E-state index contributed by atoms with van der Waals surface area (Å²) in [4.78, 5) is 13.1. The van der Waals surface area contributed by atoms with Gasteiger partial charge in [-0.1, -0.05) is 63.5 Å². The molecule has 1 atom stereocenters. The van der Waals surface area contributed by atoms with Crippen LogP contribution in [0.4, 0.5) is 5.69 Å². The van der Waals surface area contributed by atoms with Crippen LogP contribution >= 0.6 is 0 Å². The van der Waals surface area contributed by atoms with Crippen LogP contribution in [0.1, 0.15) is 84.9 Å². The minimum atomic E-state index is -0.216. The van der Waals surface area contributed by atoms with Crippen molar-refractivity contribution < 1.29 is 9.32 Å². The first kappa shape index (κ1) is 22.3. The second-order valence-electron chi connectivity index (χ2n) is 10.1. The van der Waals surface area contributed by atoms with Crippen molar-refractivity contribution >= 4 is 11.6 Å². The van der Waals surface area contributed by atoms with Crippen LogP contribution in [0, 0.1) is 19.8 Å². The van der Waals surface area contributed by atoms with E-state index in [9.17, 15) is 4.79 Å². The van der Waals surface area contributed by atoms with Crippen LogP contribution in [0.25, 0.3) is 0 Å². The summed E-state index contributed by atoms with van der Waals surface area (Å²) in [6, 6.07) is 8.67. The lowest BCUT2D eigenvalue weighted by molar-refractivity contribution is 0.101. The van der Waals surface area contributed by atoms with Crippen molar-refractivity contribution in [2.24, 2.45) is 5.92 Å². The maximum Gasteiger partial charge on any atom is 0.278 e. The number of nitrogens with one attached hydrogen (secondary N) is 1. The summed E-state index contributed by atoms with van der Waals surface area (Å²) >= 11 is 0. The van der Waals surface area contributed by atoms with Crippen molar-refractivity contribution in [3.8, 4) is 0 Å². The Hall–Kier alpha value is -2.89. The highest BCUT2D eigenvalue weighted by atomic mass is 16.5. The molecular formula is C26H34N4O2. The first-order valence-corrected chi connectivity index (χ1v) is 11.6. The lowest BCUT2D eigenvalue weighted by Crippen LogP contribution is -2.19. The van der Waals surface area contributed by atoms with Crippen LogP contribution in [-0.2, 0) is 24.8 Å². The van der Waals surface area contributed by atoms with Gasteiger partial charge in [-0.3, -0.25) is 9.48 Å². The van der Waals surface area contributed by atoms with Gasteiger partial charge in [0.25, 0.3) is 5.91 Å². The van der Waals surface area contributed by atoms with Gasteiger partial charge < -0.3 is 9.84 Å². The van der Waals surface area contributed by atoms with Gasteiger partial charge in [-0.2, -0.15) is 5.10 Å². The molecule has 2 aromatic heterocycles. The van der Waals surface area contributed by atoms with Crippen molar-refractivity contribution in [3.05, 3.63) is 63.8 Å². The maximum atomic E-state index is 13.1. The van der Waals surface area contributed by atoms with Crippen molar-refractivity contribution in [1.82, 2.24) is 14.9 Å². The minimum absolute atomic E-state index is 0.131. The molecule has 0 aliphatic heterocycles. The van der Waals surface area contributed by atoms with E-state index in [1.165, 1.54) is 11.1 Å². The number of anilines is 1. The molecule has 0 bridgehead atoms. The SMILES string of the molecule is CCC1CCc2onc(C(=O)Nc3c(C)nn(Cc4ccc(C(C)(C)C)cc4)c3C)c2C1. The first-order valence-electron chi connectivity index (χ1n) is 11.6. The van der Waals surface area contributed by atoms with Gasteiger partial charge in [0.15, 0.2) is 5.69 Å². The predicted molar refractivity (Wildman–Crippen MR) is 126 cm³/mol. The Morgan fingerprint density at radius 2 is 1.94 bits per heavy atom. The molecule has 32 heavy (non-hydrogen) atoms. The number of nitrogens with zero attached hydrogens (tertiary/aromatic N) is 3. The fourth-order valence-corrected chi connectivity index (χ4v) is 4.49. The molecule has 0 spiro atoms. The minimum Gasteiger partial charge on any atom is -0.360 e. The number of fused-ring (bicyclic) bond motifs is 1. The van der Waals surface area contributed by atoms with E-state index in [-0.39, 0.29) is 11.3 Å². The van der Waals surface area contributed by atoms with Gasteiger partial charge in [0.2, 0.25) is 0 Å². The molecule has 1 aliphatic rings. The summed E-state index contributed by atoms with van der Waals surface area (Å²) in [6.07, 6.45) is 3.92. The summed E-state index contributed by atoms with van der Waals surface area (Å²) in [5, 5.41) is 11.8. The molecule has 0 saturated heterocycles. The van der Waals surface area contributed by atoms with Crippen molar-refractivity contribution in [3.63, 3.8) is 0 Å². The summed E-state index contributed by atoms with van der Waals surface area (Å²) < 4.78 is 7.43. The summed E-state index contributed by atoms with van der Waals surface area (Å²) in [5.41, 5.74) is 6.49. The van der Waals surface area contributed by atoms with E-state index in [1.54, 1.807) is 0 Å². The monoisotopic (exact) mass is 434 g/mol. The molecule has 170 valence electrons. The van der Waals surface area contributed by atoms with Crippen LogP contribution in [0.3, 0.4) is 0 Å². The summed E-state index contributed by atoms with van der Waals surface area (Å²) in [7, 11) is 0. The quantitative estimate of drug-likeness (QED) is 0.567. The normalized spacial score (nSPS) is 16.1. The van der Waals surface area contributed by atoms with E-state index in [2.05, 4.69) is 67.5 Å². The smallest absolute Gasteiger partial charge is 0.278 e.